The Morgan fingerprint density at radius 1 is 1.31 bits per heavy atom. The number of nitrogens with zero attached hydrogens (tertiary/aromatic N) is 2. The fourth-order valence-corrected chi connectivity index (χ4v) is 1.97. The minimum Gasteiger partial charge on any atom is -0.387 e. The molecule has 0 saturated heterocycles. The van der Waals surface area contributed by atoms with Crippen LogP contribution in [-0.2, 0) is 6.61 Å². The second-order valence-electron chi connectivity index (χ2n) is 3.13. The van der Waals surface area contributed by atoms with E-state index in [2.05, 4.69) is 17.1 Å². The quantitative estimate of drug-likeness (QED) is 0.826. The van der Waals surface area contributed by atoms with Gasteiger partial charge in [0, 0.05) is 10.5 Å². The van der Waals surface area contributed by atoms with Crippen molar-refractivity contribution in [1.82, 2.24) is 10.1 Å². The van der Waals surface area contributed by atoms with Gasteiger partial charge < -0.3 is 9.63 Å². The first-order valence-corrected chi connectivity index (χ1v) is 5.98. The summed E-state index contributed by atoms with van der Waals surface area (Å²) in [6, 6.07) is 7.95. The van der Waals surface area contributed by atoms with Gasteiger partial charge in [-0.25, -0.2) is 0 Å². The number of rotatable bonds is 4. The fourth-order valence-electron chi connectivity index (χ4n) is 1.30. The smallest absolute Gasteiger partial charge is 0.252 e. The Balaban J connectivity index is 2.20. The van der Waals surface area contributed by atoms with E-state index in [1.165, 1.54) is 4.90 Å². The van der Waals surface area contributed by atoms with Gasteiger partial charge in [-0.2, -0.15) is 4.98 Å². The van der Waals surface area contributed by atoms with Gasteiger partial charge in [-0.15, -0.1) is 11.8 Å². The summed E-state index contributed by atoms with van der Waals surface area (Å²) < 4.78 is 4.83. The number of aromatic nitrogens is 2. The molecule has 0 aliphatic rings. The number of hydrogen-bond donors (Lipinski definition) is 1. The van der Waals surface area contributed by atoms with Crippen LogP contribution >= 0.6 is 11.8 Å². The molecule has 1 N–H and O–H groups in total. The third-order valence-electron chi connectivity index (χ3n) is 2.03. The molecule has 1 aromatic carbocycles. The summed E-state index contributed by atoms with van der Waals surface area (Å²) in [5.41, 5.74) is 0.893. The minimum absolute atomic E-state index is 0.225. The topological polar surface area (TPSA) is 59.2 Å². The Kier molecular flexibility index (Phi) is 3.58. The molecule has 0 radical (unpaired) electrons. The molecule has 0 bridgehead atoms. The van der Waals surface area contributed by atoms with Crippen molar-refractivity contribution >= 4 is 11.8 Å². The highest BCUT2D eigenvalue weighted by Gasteiger charge is 2.07. The molecule has 1 heterocycles. The van der Waals surface area contributed by atoms with E-state index >= 15 is 0 Å². The lowest BCUT2D eigenvalue weighted by Gasteiger charge is -1.98. The van der Waals surface area contributed by atoms with E-state index in [1.807, 2.05) is 24.3 Å². The molecule has 0 unspecified atom stereocenters. The van der Waals surface area contributed by atoms with Crippen molar-refractivity contribution in [2.75, 3.05) is 5.75 Å². The highest BCUT2D eigenvalue weighted by Crippen LogP contribution is 2.22. The van der Waals surface area contributed by atoms with Crippen molar-refractivity contribution in [2.45, 2.75) is 18.4 Å². The van der Waals surface area contributed by atoms with Gasteiger partial charge in [0.25, 0.3) is 5.89 Å². The van der Waals surface area contributed by atoms with Crippen molar-refractivity contribution in [3.05, 3.63) is 30.2 Å². The highest BCUT2D eigenvalue weighted by atomic mass is 32.2. The predicted octanol–water partition coefficient (Wildman–Crippen LogP) is 2.34. The highest BCUT2D eigenvalue weighted by molar-refractivity contribution is 7.99. The van der Waals surface area contributed by atoms with Gasteiger partial charge in [-0.3, -0.25) is 0 Å². The molecule has 2 aromatic rings. The van der Waals surface area contributed by atoms with E-state index in [4.69, 9.17) is 9.63 Å². The lowest BCUT2D eigenvalue weighted by Crippen LogP contribution is -1.83. The van der Waals surface area contributed by atoms with Crippen molar-refractivity contribution in [3.63, 3.8) is 0 Å². The first-order valence-electron chi connectivity index (χ1n) is 5.00. The first kappa shape index (κ1) is 11.2. The molecule has 0 aliphatic heterocycles. The van der Waals surface area contributed by atoms with E-state index in [0.29, 0.717) is 5.82 Å². The molecule has 0 fully saturated rings. The summed E-state index contributed by atoms with van der Waals surface area (Å²) >= 11 is 1.78. The standard InChI is InChI=1S/C11H12N2O2S/c1-2-16-9-5-3-8(4-6-9)11-12-10(7-14)15-13-11/h3-6,14H,2,7H2,1H3. The number of aliphatic hydroxyl groups excluding tert-OH is 1. The summed E-state index contributed by atoms with van der Waals surface area (Å²) in [4.78, 5) is 5.26. The van der Waals surface area contributed by atoms with Crippen LogP contribution < -0.4 is 0 Å². The number of hydrogen-bond acceptors (Lipinski definition) is 5. The largest absolute Gasteiger partial charge is 0.387 e. The van der Waals surface area contributed by atoms with Crippen LogP contribution in [0.4, 0.5) is 0 Å². The van der Waals surface area contributed by atoms with Crippen LogP contribution in [0.2, 0.25) is 0 Å². The van der Waals surface area contributed by atoms with Crippen molar-refractivity contribution in [2.24, 2.45) is 0 Å². The van der Waals surface area contributed by atoms with Crippen LogP contribution in [0.3, 0.4) is 0 Å². The molecule has 2 rings (SSSR count). The van der Waals surface area contributed by atoms with Gasteiger partial charge in [-0.1, -0.05) is 12.1 Å². The predicted molar refractivity (Wildman–Crippen MR) is 62.1 cm³/mol. The Labute approximate surface area is 97.7 Å². The van der Waals surface area contributed by atoms with Gasteiger partial charge in [0.2, 0.25) is 5.82 Å². The second kappa shape index (κ2) is 5.14. The molecule has 16 heavy (non-hydrogen) atoms. The zero-order valence-electron chi connectivity index (χ0n) is 8.88. The molecule has 0 spiro atoms. The number of benzene rings is 1. The van der Waals surface area contributed by atoms with Crippen LogP contribution in [0.1, 0.15) is 12.8 Å². The van der Waals surface area contributed by atoms with Gasteiger partial charge >= 0.3 is 0 Å². The second-order valence-corrected chi connectivity index (χ2v) is 4.46. The molecule has 1 aromatic heterocycles. The Morgan fingerprint density at radius 2 is 2.06 bits per heavy atom. The third-order valence-corrected chi connectivity index (χ3v) is 2.92. The Hall–Kier alpha value is -1.33. The molecule has 0 saturated carbocycles. The van der Waals surface area contributed by atoms with Crippen molar-refractivity contribution in [1.29, 1.82) is 0 Å². The maximum absolute atomic E-state index is 8.81. The molecular formula is C11H12N2O2S. The SMILES string of the molecule is CCSc1ccc(-c2noc(CO)n2)cc1. The van der Waals surface area contributed by atoms with Crippen LogP contribution in [0.5, 0.6) is 0 Å². The lowest BCUT2D eigenvalue weighted by molar-refractivity contribution is 0.222. The molecule has 4 nitrogen and oxygen atoms in total. The molecule has 0 atom stereocenters. The zero-order valence-corrected chi connectivity index (χ0v) is 9.70. The van der Waals surface area contributed by atoms with Crippen LogP contribution in [0.15, 0.2) is 33.7 Å². The first-order chi connectivity index (χ1) is 7.83. The lowest BCUT2D eigenvalue weighted by atomic mass is 10.2. The van der Waals surface area contributed by atoms with E-state index in [-0.39, 0.29) is 12.5 Å². The summed E-state index contributed by atoms with van der Waals surface area (Å²) in [5.74, 6) is 1.80. The van der Waals surface area contributed by atoms with E-state index in [0.717, 1.165) is 11.3 Å². The maximum Gasteiger partial charge on any atom is 0.252 e. The molecule has 0 aliphatic carbocycles. The Morgan fingerprint density at radius 3 is 2.62 bits per heavy atom. The average Bonchev–Trinajstić information content (AvgIpc) is 2.79. The van der Waals surface area contributed by atoms with Crippen molar-refractivity contribution in [3.8, 4) is 11.4 Å². The third kappa shape index (κ3) is 2.43. The summed E-state index contributed by atoms with van der Waals surface area (Å²) in [6.07, 6.45) is 0. The van der Waals surface area contributed by atoms with Gasteiger partial charge in [-0.05, 0) is 30.0 Å². The van der Waals surface area contributed by atoms with Gasteiger partial charge in [0.05, 0.1) is 0 Å². The van der Waals surface area contributed by atoms with Crippen LogP contribution in [0, 0.1) is 0 Å². The number of thioether (sulfide) groups is 1. The summed E-state index contributed by atoms with van der Waals surface area (Å²) in [6.45, 7) is 1.89. The average molecular weight is 236 g/mol. The van der Waals surface area contributed by atoms with Crippen LogP contribution in [0.25, 0.3) is 11.4 Å². The normalized spacial score (nSPS) is 10.6. The summed E-state index contributed by atoms with van der Waals surface area (Å²) in [5, 5.41) is 12.6. The monoisotopic (exact) mass is 236 g/mol. The molecule has 0 amide bonds. The Bertz CT molecular complexity index is 453. The summed E-state index contributed by atoms with van der Waals surface area (Å²) in [7, 11) is 0. The maximum atomic E-state index is 8.81. The molecule has 5 heteroatoms. The zero-order chi connectivity index (χ0) is 11.4. The van der Waals surface area contributed by atoms with Gasteiger partial charge in [0.1, 0.15) is 6.61 Å². The van der Waals surface area contributed by atoms with E-state index in [9.17, 15) is 0 Å². The molecular weight excluding hydrogens is 224 g/mol. The van der Waals surface area contributed by atoms with Crippen LogP contribution in [-0.4, -0.2) is 21.0 Å². The van der Waals surface area contributed by atoms with Crippen molar-refractivity contribution < 1.29 is 9.63 Å². The van der Waals surface area contributed by atoms with E-state index < -0.39 is 0 Å². The van der Waals surface area contributed by atoms with Gasteiger partial charge in [0.15, 0.2) is 0 Å². The fraction of sp³-hybridized carbons (Fsp3) is 0.273. The number of aliphatic hydroxyl groups is 1. The molecule has 84 valence electrons. The minimum atomic E-state index is -0.225. The van der Waals surface area contributed by atoms with E-state index in [1.54, 1.807) is 11.8 Å².